The summed E-state index contributed by atoms with van der Waals surface area (Å²) in [5.41, 5.74) is 2.19. The monoisotopic (exact) mass is 395 g/mol. The highest BCUT2D eigenvalue weighted by Crippen LogP contribution is 2.30. The van der Waals surface area contributed by atoms with Gasteiger partial charge in [-0.2, -0.15) is 0 Å². The lowest BCUT2D eigenvalue weighted by Gasteiger charge is -2.11. The molecule has 29 heavy (non-hydrogen) atoms. The van der Waals surface area contributed by atoms with Crippen LogP contribution in [0.5, 0.6) is 5.75 Å². The molecule has 1 fully saturated rings. The number of carboxylic acids is 1. The highest BCUT2D eigenvalue weighted by molar-refractivity contribution is 6.06. The largest absolute Gasteiger partial charge is 0.482 e. The Morgan fingerprint density at radius 3 is 2.72 bits per heavy atom. The highest BCUT2D eigenvalue weighted by Gasteiger charge is 2.21. The molecule has 1 aliphatic carbocycles. The normalized spacial score (nSPS) is 14.2. The molecule has 1 amide bonds. The highest BCUT2D eigenvalue weighted by atomic mass is 16.5. The molecule has 1 aromatic heterocycles. The van der Waals surface area contributed by atoms with Gasteiger partial charge in [-0.3, -0.25) is 9.36 Å². The number of aromatic amines is 1. The van der Waals surface area contributed by atoms with E-state index in [0.29, 0.717) is 22.5 Å². The summed E-state index contributed by atoms with van der Waals surface area (Å²) in [5, 5.41) is 11.5. The van der Waals surface area contributed by atoms with E-state index in [2.05, 4.69) is 10.3 Å². The first-order valence-electron chi connectivity index (χ1n) is 9.51. The molecule has 4 rings (SSSR count). The van der Waals surface area contributed by atoms with Gasteiger partial charge in [0.25, 0.3) is 5.91 Å². The molecule has 0 radical (unpaired) electrons. The van der Waals surface area contributed by atoms with Gasteiger partial charge in [-0.1, -0.05) is 18.9 Å². The van der Waals surface area contributed by atoms with Crippen molar-refractivity contribution >= 4 is 28.6 Å². The maximum atomic E-state index is 12.6. The SMILES string of the molecule is O=C(O)COc1cccc(NC(=O)c2ccc3c(c2)[nH]c(=O)n3C2CCCC2)c1. The number of carbonyl (C=O) groups excluding carboxylic acids is 1. The third-order valence-corrected chi connectivity index (χ3v) is 5.12. The van der Waals surface area contributed by atoms with Crippen molar-refractivity contribution in [1.29, 1.82) is 0 Å². The number of nitrogens with zero attached hydrogens (tertiary/aromatic N) is 1. The number of aliphatic carboxylic acids is 1. The zero-order chi connectivity index (χ0) is 20.4. The zero-order valence-corrected chi connectivity index (χ0v) is 15.7. The number of imidazole rings is 1. The molecule has 0 unspecified atom stereocenters. The molecule has 1 aliphatic rings. The molecule has 3 N–H and O–H groups in total. The predicted octanol–water partition coefficient (Wildman–Crippen LogP) is 3.16. The maximum Gasteiger partial charge on any atom is 0.341 e. The lowest BCUT2D eigenvalue weighted by atomic mass is 10.1. The van der Waals surface area contributed by atoms with Crippen LogP contribution in [-0.2, 0) is 4.79 Å². The molecule has 0 bridgehead atoms. The quantitative estimate of drug-likeness (QED) is 0.593. The first kappa shape index (κ1) is 18.8. The molecule has 0 spiro atoms. The van der Waals surface area contributed by atoms with Crippen LogP contribution in [0, 0.1) is 0 Å². The summed E-state index contributed by atoms with van der Waals surface area (Å²) in [4.78, 5) is 38.5. The Hall–Kier alpha value is -3.55. The summed E-state index contributed by atoms with van der Waals surface area (Å²) in [5.74, 6) is -1.07. The standard InChI is InChI=1S/C21H21N3O5/c25-19(26)12-29-16-7-3-4-14(11-16)22-20(27)13-8-9-18-17(10-13)23-21(28)24(18)15-5-1-2-6-15/h3-4,7-11,15H,1-2,5-6,12H2,(H,22,27)(H,23,28)(H,25,26). The molecule has 0 atom stereocenters. The third-order valence-electron chi connectivity index (χ3n) is 5.12. The number of carbonyl (C=O) groups is 2. The fourth-order valence-corrected chi connectivity index (χ4v) is 3.81. The molecule has 8 nitrogen and oxygen atoms in total. The number of ether oxygens (including phenoxy) is 1. The van der Waals surface area contributed by atoms with Crippen molar-refractivity contribution in [3.05, 3.63) is 58.5 Å². The van der Waals surface area contributed by atoms with E-state index in [1.54, 1.807) is 47.0 Å². The Morgan fingerprint density at radius 2 is 1.97 bits per heavy atom. The Labute approximate surface area is 166 Å². The van der Waals surface area contributed by atoms with Crippen LogP contribution >= 0.6 is 0 Å². The smallest absolute Gasteiger partial charge is 0.341 e. The van der Waals surface area contributed by atoms with E-state index >= 15 is 0 Å². The number of H-pyrrole nitrogens is 1. The van der Waals surface area contributed by atoms with Gasteiger partial charge in [0.2, 0.25) is 0 Å². The van der Waals surface area contributed by atoms with Crippen LogP contribution in [0.1, 0.15) is 42.1 Å². The van der Waals surface area contributed by atoms with Crippen LogP contribution in [0.15, 0.2) is 47.3 Å². The van der Waals surface area contributed by atoms with E-state index in [4.69, 9.17) is 9.84 Å². The molecule has 150 valence electrons. The van der Waals surface area contributed by atoms with Gasteiger partial charge in [-0.25, -0.2) is 9.59 Å². The summed E-state index contributed by atoms with van der Waals surface area (Å²) in [6.45, 7) is -0.459. The van der Waals surface area contributed by atoms with E-state index in [0.717, 1.165) is 31.2 Å². The summed E-state index contributed by atoms with van der Waals surface area (Å²) in [6.07, 6.45) is 4.24. The molecular formula is C21H21N3O5. The summed E-state index contributed by atoms with van der Waals surface area (Å²) >= 11 is 0. The van der Waals surface area contributed by atoms with Crippen LogP contribution in [0.3, 0.4) is 0 Å². The molecule has 3 aromatic rings. The number of fused-ring (bicyclic) bond motifs is 1. The van der Waals surface area contributed by atoms with Crippen LogP contribution in [0.25, 0.3) is 11.0 Å². The van der Waals surface area contributed by atoms with Gasteiger partial charge in [0.15, 0.2) is 6.61 Å². The molecule has 1 heterocycles. The average molecular weight is 395 g/mol. The van der Waals surface area contributed by atoms with Crippen molar-refractivity contribution in [3.63, 3.8) is 0 Å². The van der Waals surface area contributed by atoms with Gasteiger partial charge in [-0.05, 0) is 43.2 Å². The lowest BCUT2D eigenvalue weighted by Crippen LogP contribution is -2.20. The Balaban J connectivity index is 1.54. The number of hydrogen-bond acceptors (Lipinski definition) is 4. The number of benzene rings is 2. The molecule has 0 saturated heterocycles. The van der Waals surface area contributed by atoms with Gasteiger partial charge >= 0.3 is 11.7 Å². The van der Waals surface area contributed by atoms with Crippen molar-refractivity contribution in [3.8, 4) is 5.75 Å². The fraction of sp³-hybridized carbons (Fsp3) is 0.286. The van der Waals surface area contributed by atoms with Crippen LogP contribution in [0.4, 0.5) is 5.69 Å². The summed E-state index contributed by atoms with van der Waals surface area (Å²) < 4.78 is 6.92. The number of amides is 1. The van der Waals surface area contributed by atoms with E-state index in [1.807, 2.05) is 0 Å². The van der Waals surface area contributed by atoms with Crippen molar-refractivity contribution in [2.45, 2.75) is 31.7 Å². The van der Waals surface area contributed by atoms with Gasteiger partial charge < -0.3 is 20.1 Å². The van der Waals surface area contributed by atoms with Gasteiger partial charge in [-0.15, -0.1) is 0 Å². The molecule has 2 aromatic carbocycles. The molecule has 8 heteroatoms. The topological polar surface area (TPSA) is 113 Å². The first-order valence-corrected chi connectivity index (χ1v) is 9.51. The third kappa shape index (κ3) is 4.01. The average Bonchev–Trinajstić information content (AvgIpc) is 3.32. The Kier molecular flexibility index (Phi) is 5.07. The lowest BCUT2D eigenvalue weighted by molar-refractivity contribution is -0.139. The molecule has 1 saturated carbocycles. The van der Waals surface area contributed by atoms with E-state index in [9.17, 15) is 14.4 Å². The minimum absolute atomic E-state index is 0.146. The van der Waals surface area contributed by atoms with Gasteiger partial charge in [0.05, 0.1) is 11.0 Å². The minimum atomic E-state index is -1.08. The maximum absolute atomic E-state index is 12.6. The zero-order valence-electron chi connectivity index (χ0n) is 15.7. The van der Waals surface area contributed by atoms with Crippen molar-refractivity contribution < 1.29 is 19.4 Å². The van der Waals surface area contributed by atoms with Crippen molar-refractivity contribution in [1.82, 2.24) is 9.55 Å². The van der Waals surface area contributed by atoms with Crippen LogP contribution < -0.4 is 15.7 Å². The number of anilines is 1. The van der Waals surface area contributed by atoms with E-state index in [1.165, 1.54) is 0 Å². The van der Waals surface area contributed by atoms with E-state index < -0.39 is 12.6 Å². The Bertz CT molecular complexity index is 1120. The fourth-order valence-electron chi connectivity index (χ4n) is 3.81. The number of nitrogens with one attached hydrogen (secondary N) is 2. The number of carboxylic acid groups (broad SMARTS) is 1. The first-order chi connectivity index (χ1) is 14.0. The number of rotatable bonds is 6. The van der Waals surface area contributed by atoms with Crippen molar-refractivity contribution in [2.75, 3.05) is 11.9 Å². The summed E-state index contributed by atoms with van der Waals surface area (Å²) in [7, 11) is 0. The minimum Gasteiger partial charge on any atom is -0.482 e. The predicted molar refractivity (Wildman–Crippen MR) is 108 cm³/mol. The second-order valence-electron chi connectivity index (χ2n) is 7.13. The number of aromatic nitrogens is 2. The second-order valence-corrected chi connectivity index (χ2v) is 7.13. The molecular weight excluding hydrogens is 374 g/mol. The van der Waals surface area contributed by atoms with Gasteiger partial charge in [0, 0.05) is 23.4 Å². The van der Waals surface area contributed by atoms with Crippen LogP contribution in [0.2, 0.25) is 0 Å². The molecule has 0 aliphatic heterocycles. The number of hydrogen-bond donors (Lipinski definition) is 3. The van der Waals surface area contributed by atoms with Crippen LogP contribution in [-0.4, -0.2) is 33.1 Å². The van der Waals surface area contributed by atoms with Crippen molar-refractivity contribution in [2.24, 2.45) is 0 Å². The van der Waals surface area contributed by atoms with Gasteiger partial charge in [0.1, 0.15) is 5.75 Å². The summed E-state index contributed by atoms with van der Waals surface area (Å²) in [6, 6.07) is 11.9. The second kappa shape index (κ2) is 7.83. The Morgan fingerprint density at radius 1 is 1.17 bits per heavy atom. The van der Waals surface area contributed by atoms with E-state index in [-0.39, 0.29) is 17.6 Å².